The maximum absolute atomic E-state index is 2.88. The van der Waals surface area contributed by atoms with Crippen LogP contribution in [0, 0.1) is 12.3 Å². The molecule has 1 saturated carbocycles. The monoisotopic (exact) mass is 763 g/mol. The molecule has 3 aliphatic carbocycles. The van der Waals surface area contributed by atoms with Crippen LogP contribution in [0.3, 0.4) is 0 Å². The van der Waals surface area contributed by atoms with Crippen molar-refractivity contribution in [3.8, 4) is 11.1 Å². The first-order valence-electron chi connectivity index (χ1n) is 22.0. The highest BCUT2D eigenvalue weighted by Crippen LogP contribution is 2.64. The first-order chi connectivity index (χ1) is 28.9. The highest BCUT2D eigenvalue weighted by Gasteiger charge is 2.62. The Hall–Kier alpha value is -6.00. The number of fused-ring (bicyclic) bond motifs is 8. The molecule has 59 heavy (non-hydrogen) atoms. The predicted molar refractivity (Wildman–Crippen MR) is 250 cm³/mol. The number of para-hydroxylation sites is 2. The summed E-state index contributed by atoms with van der Waals surface area (Å²) in [6.07, 6.45) is 16.9. The lowest BCUT2D eigenvalue weighted by Crippen LogP contribution is -2.62. The molecule has 0 spiro atoms. The van der Waals surface area contributed by atoms with E-state index in [1.165, 1.54) is 99.1 Å². The zero-order valence-electron chi connectivity index (χ0n) is 34.5. The summed E-state index contributed by atoms with van der Waals surface area (Å²) in [4.78, 5) is 7.92. The summed E-state index contributed by atoms with van der Waals surface area (Å²) in [5.41, 5.74) is 23.2. The molecule has 6 aromatic rings. The SMILES string of the molecule is Cc1cc2c3c(c1)N1C4=C(CCC=C4B3c3ccc(N(c4ccccc4)c4cccc(-c5cccc6c5C=CCC6)c4)cc3N2c2ccccc2)C2(C)CCCCC12C. The van der Waals surface area contributed by atoms with Crippen LogP contribution in [0.1, 0.15) is 75.5 Å². The fraction of sp³-hybridized carbons (Fsp3) is 0.236. The fourth-order valence-electron chi connectivity index (χ4n) is 12.3. The third-order valence-electron chi connectivity index (χ3n) is 15.2. The molecule has 3 heterocycles. The quantitative estimate of drug-likeness (QED) is 0.162. The molecule has 6 aromatic carbocycles. The van der Waals surface area contributed by atoms with Gasteiger partial charge >= 0.3 is 0 Å². The van der Waals surface area contributed by atoms with Crippen molar-refractivity contribution in [3.63, 3.8) is 0 Å². The van der Waals surface area contributed by atoms with E-state index in [0.717, 1.165) is 36.3 Å². The first kappa shape index (κ1) is 35.0. The summed E-state index contributed by atoms with van der Waals surface area (Å²) >= 11 is 0. The van der Waals surface area contributed by atoms with Gasteiger partial charge in [-0.2, -0.15) is 0 Å². The van der Waals surface area contributed by atoms with Gasteiger partial charge in [0, 0.05) is 50.9 Å². The highest BCUT2D eigenvalue weighted by molar-refractivity contribution is 6.96. The van der Waals surface area contributed by atoms with Gasteiger partial charge in [-0.1, -0.05) is 111 Å². The minimum atomic E-state index is 0.0631. The molecule has 2 atom stereocenters. The Labute approximate surface area is 350 Å². The van der Waals surface area contributed by atoms with E-state index >= 15 is 0 Å². The van der Waals surface area contributed by atoms with Gasteiger partial charge in [0.25, 0.3) is 6.71 Å². The fourth-order valence-corrected chi connectivity index (χ4v) is 12.3. The second-order valence-corrected chi connectivity index (χ2v) is 18.3. The zero-order chi connectivity index (χ0) is 39.5. The third kappa shape index (κ3) is 4.95. The van der Waals surface area contributed by atoms with Crippen molar-refractivity contribution < 1.29 is 0 Å². The molecule has 0 amide bonds. The molecular formula is C55H50BN3. The van der Waals surface area contributed by atoms with Crippen molar-refractivity contribution in [2.45, 2.75) is 77.7 Å². The van der Waals surface area contributed by atoms with Crippen LogP contribution in [0.15, 0.2) is 162 Å². The van der Waals surface area contributed by atoms with Crippen LogP contribution in [0.4, 0.5) is 39.8 Å². The van der Waals surface area contributed by atoms with E-state index in [-0.39, 0.29) is 17.7 Å². The first-order valence-corrected chi connectivity index (χ1v) is 22.0. The summed E-state index contributed by atoms with van der Waals surface area (Å²) in [5, 5.41) is 0. The van der Waals surface area contributed by atoms with Crippen molar-refractivity contribution in [3.05, 3.63) is 179 Å². The summed E-state index contributed by atoms with van der Waals surface area (Å²) in [7, 11) is 0. The molecule has 288 valence electrons. The maximum atomic E-state index is 2.88. The van der Waals surface area contributed by atoms with E-state index in [2.05, 4.69) is 187 Å². The van der Waals surface area contributed by atoms with Crippen LogP contribution in [-0.4, -0.2) is 12.3 Å². The second kappa shape index (κ2) is 13.0. The summed E-state index contributed by atoms with van der Waals surface area (Å²) < 4.78 is 0. The van der Waals surface area contributed by atoms with E-state index in [1.54, 1.807) is 11.3 Å². The maximum Gasteiger partial charge on any atom is 0.251 e. The summed E-state index contributed by atoms with van der Waals surface area (Å²) in [6.45, 7) is 7.70. The molecule has 2 unspecified atom stereocenters. The predicted octanol–water partition coefficient (Wildman–Crippen LogP) is 13.2. The lowest BCUT2D eigenvalue weighted by Gasteiger charge is -2.54. The Morgan fingerprint density at radius 1 is 0.661 bits per heavy atom. The number of hydrogen-bond acceptors (Lipinski definition) is 3. The largest absolute Gasteiger partial charge is 0.336 e. The zero-order valence-corrected chi connectivity index (χ0v) is 34.5. The van der Waals surface area contributed by atoms with Crippen LogP contribution in [-0.2, 0) is 6.42 Å². The number of benzene rings is 6. The van der Waals surface area contributed by atoms with Crippen molar-refractivity contribution in [2.24, 2.45) is 5.41 Å². The third-order valence-corrected chi connectivity index (χ3v) is 15.2. The Bertz CT molecular complexity index is 2800. The Balaban J connectivity index is 1.08. The molecule has 12 rings (SSSR count). The highest BCUT2D eigenvalue weighted by atomic mass is 15.3. The number of hydrogen-bond donors (Lipinski definition) is 0. The Kier molecular flexibility index (Phi) is 7.71. The van der Waals surface area contributed by atoms with E-state index in [0.29, 0.717) is 0 Å². The van der Waals surface area contributed by atoms with Gasteiger partial charge in [-0.05, 0) is 163 Å². The van der Waals surface area contributed by atoms with Gasteiger partial charge in [0.05, 0.1) is 5.54 Å². The van der Waals surface area contributed by atoms with E-state index in [1.807, 2.05) is 0 Å². The minimum Gasteiger partial charge on any atom is -0.336 e. The van der Waals surface area contributed by atoms with E-state index in [9.17, 15) is 0 Å². The summed E-state index contributed by atoms with van der Waals surface area (Å²) in [5.74, 6) is 0. The molecule has 0 N–H and O–H groups in total. The van der Waals surface area contributed by atoms with Crippen molar-refractivity contribution >= 4 is 63.5 Å². The molecule has 1 fully saturated rings. The molecule has 0 radical (unpaired) electrons. The smallest absolute Gasteiger partial charge is 0.251 e. The van der Waals surface area contributed by atoms with Crippen molar-refractivity contribution in [2.75, 3.05) is 14.7 Å². The lowest BCUT2D eigenvalue weighted by atomic mass is 9.32. The van der Waals surface area contributed by atoms with Gasteiger partial charge in [0.1, 0.15) is 0 Å². The van der Waals surface area contributed by atoms with Crippen LogP contribution in [0.5, 0.6) is 0 Å². The van der Waals surface area contributed by atoms with Gasteiger partial charge in [0.15, 0.2) is 0 Å². The number of allylic oxidation sites excluding steroid dienone is 3. The Morgan fingerprint density at radius 2 is 1.42 bits per heavy atom. The molecule has 0 bridgehead atoms. The second-order valence-electron chi connectivity index (χ2n) is 18.3. The van der Waals surface area contributed by atoms with E-state index < -0.39 is 0 Å². The standard InChI is InChI=1S/C55H50BN3/c1-37-33-50-52-51(34-37)59-53-46(54(2)31-12-13-32-55(54,59)3)27-16-28-48(53)56(52)47-30-29-43(36-49(47)58(50)41-22-8-5-9-23-41)57(40-20-6-4-7-21-40)42-24-14-19-39(35-42)45-26-15-18-38-17-10-11-25-44(38)45/h4-9,11,14-15,18-26,28-30,33-36H,10,12-13,16-17,27,31-32H2,1-3H3. The average molecular weight is 764 g/mol. The molecule has 3 aliphatic heterocycles. The lowest BCUT2D eigenvalue weighted by molar-refractivity contribution is 0.147. The number of rotatable bonds is 5. The number of anilines is 7. The molecule has 0 aromatic heterocycles. The average Bonchev–Trinajstić information content (AvgIpc) is 3.49. The van der Waals surface area contributed by atoms with Crippen molar-refractivity contribution in [1.82, 2.24) is 0 Å². The molecular weight excluding hydrogens is 713 g/mol. The number of aryl methyl sites for hydroxylation is 2. The van der Waals surface area contributed by atoms with Crippen LogP contribution < -0.4 is 25.6 Å². The van der Waals surface area contributed by atoms with Crippen LogP contribution in [0.25, 0.3) is 17.2 Å². The van der Waals surface area contributed by atoms with Gasteiger partial charge in [-0.15, -0.1) is 0 Å². The van der Waals surface area contributed by atoms with Gasteiger partial charge in [0.2, 0.25) is 0 Å². The molecule has 3 nitrogen and oxygen atoms in total. The Morgan fingerprint density at radius 3 is 2.29 bits per heavy atom. The van der Waals surface area contributed by atoms with Crippen LogP contribution >= 0.6 is 0 Å². The minimum absolute atomic E-state index is 0.0631. The topological polar surface area (TPSA) is 9.72 Å². The van der Waals surface area contributed by atoms with Gasteiger partial charge in [-0.3, -0.25) is 0 Å². The number of nitrogens with zero attached hydrogens (tertiary/aromatic N) is 3. The summed E-state index contributed by atoms with van der Waals surface area (Å²) in [6, 6.07) is 50.4. The van der Waals surface area contributed by atoms with Gasteiger partial charge in [-0.25, -0.2) is 0 Å². The normalized spacial score (nSPS) is 21.9. The molecule has 4 heteroatoms. The van der Waals surface area contributed by atoms with Crippen molar-refractivity contribution in [1.29, 1.82) is 0 Å². The van der Waals surface area contributed by atoms with E-state index in [4.69, 9.17) is 0 Å². The van der Waals surface area contributed by atoms with Crippen LogP contribution in [0.2, 0.25) is 0 Å². The van der Waals surface area contributed by atoms with Gasteiger partial charge < -0.3 is 14.7 Å². The molecule has 6 aliphatic rings. The molecule has 0 saturated heterocycles.